The summed E-state index contributed by atoms with van der Waals surface area (Å²) in [6, 6.07) is 0. The number of nitrogens with zero attached hydrogens (tertiary/aromatic N) is 4. The van der Waals surface area contributed by atoms with Crippen molar-refractivity contribution in [2.24, 2.45) is 13.0 Å². The maximum absolute atomic E-state index is 12.3. The molecule has 1 saturated heterocycles. The first-order valence-corrected chi connectivity index (χ1v) is 7.30. The zero-order valence-electron chi connectivity index (χ0n) is 12.5. The Balaban J connectivity index is 1.93. The monoisotopic (exact) mass is 294 g/mol. The van der Waals surface area contributed by atoms with E-state index in [1.807, 2.05) is 16.5 Å². The Kier molecular flexibility index (Phi) is 4.93. The Bertz CT molecular complexity index is 514. The second-order valence-corrected chi connectivity index (χ2v) is 5.89. The van der Waals surface area contributed by atoms with Gasteiger partial charge in [-0.1, -0.05) is 6.92 Å². The largest absolute Gasteiger partial charge is 0.481 e. The molecule has 2 unspecified atom stereocenters. The minimum atomic E-state index is -0.856. The Morgan fingerprint density at radius 2 is 2.24 bits per heavy atom. The molecular weight excluding hydrogens is 272 g/mol. The summed E-state index contributed by atoms with van der Waals surface area (Å²) >= 11 is 0. The van der Waals surface area contributed by atoms with Crippen molar-refractivity contribution >= 4 is 11.9 Å². The van der Waals surface area contributed by atoms with Gasteiger partial charge in [-0.25, -0.2) is 0 Å². The molecule has 1 aromatic heterocycles. The lowest BCUT2D eigenvalue weighted by atomic mass is 9.95. The number of rotatable bonds is 5. The Hall–Kier alpha value is -1.92. The summed E-state index contributed by atoms with van der Waals surface area (Å²) in [4.78, 5) is 24.8. The van der Waals surface area contributed by atoms with E-state index >= 15 is 0 Å². The number of likely N-dealkylation sites (tertiary alicyclic amines) is 1. The molecule has 1 fully saturated rings. The summed E-state index contributed by atoms with van der Waals surface area (Å²) in [6.45, 7) is 3.19. The van der Waals surface area contributed by atoms with Crippen molar-refractivity contribution in [3.05, 3.63) is 12.2 Å². The molecule has 2 rings (SSSR count). The predicted molar refractivity (Wildman–Crippen MR) is 75.6 cm³/mol. The van der Waals surface area contributed by atoms with Crippen LogP contribution in [0.3, 0.4) is 0 Å². The summed E-state index contributed by atoms with van der Waals surface area (Å²) < 4.78 is 1.89. The van der Waals surface area contributed by atoms with Crippen molar-refractivity contribution in [3.8, 4) is 0 Å². The van der Waals surface area contributed by atoms with Crippen molar-refractivity contribution in [3.63, 3.8) is 0 Å². The van der Waals surface area contributed by atoms with Crippen molar-refractivity contribution in [2.75, 3.05) is 13.1 Å². The molecule has 1 aliphatic rings. The Morgan fingerprint density at radius 3 is 2.86 bits per heavy atom. The van der Waals surface area contributed by atoms with E-state index in [-0.39, 0.29) is 30.6 Å². The highest BCUT2D eigenvalue weighted by Crippen LogP contribution is 2.26. The minimum absolute atomic E-state index is 0.0340. The molecule has 116 valence electrons. The average molecular weight is 294 g/mol. The van der Waals surface area contributed by atoms with Gasteiger partial charge in [-0.15, -0.1) is 10.2 Å². The first-order valence-electron chi connectivity index (χ1n) is 7.30. The highest BCUT2D eigenvalue weighted by Gasteiger charge is 2.28. The third-order valence-electron chi connectivity index (χ3n) is 3.93. The third-order valence-corrected chi connectivity index (χ3v) is 3.93. The van der Waals surface area contributed by atoms with Crippen molar-refractivity contribution < 1.29 is 14.7 Å². The predicted octanol–water partition coefficient (Wildman–Crippen LogP) is 1.02. The van der Waals surface area contributed by atoms with Crippen molar-refractivity contribution in [1.29, 1.82) is 0 Å². The third kappa shape index (κ3) is 4.03. The van der Waals surface area contributed by atoms with Crippen LogP contribution in [-0.2, 0) is 16.6 Å². The molecule has 1 N–H and O–H groups in total. The second kappa shape index (κ2) is 6.69. The number of aliphatic carboxylic acids is 1. The molecule has 7 nitrogen and oxygen atoms in total. The van der Waals surface area contributed by atoms with Gasteiger partial charge in [0.25, 0.3) is 0 Å². The van der Waals surface area contributed by atoms with Crippen LogP contribution in [0.25, 0.3) is 0 Å². The minimum Gasteiger partial charge on any atom is -0.481 e. The summed E-state index contributed by atoms with van der Waals surface area (Å²) in [6.07, 6.45) is 3.94. The fourth-order valence-electron chi connectivity index (χ4n) is 2.87. The highest BCUT2D eigenvalue weighted by molar-refractivity contribution is 5.77. The van der Waals surface area contributed by atoms with Crippen LogP contribution in [0.15, 0.2) is 6.33 Å². The topological polar surface area (TPSA) is 88.3 Å². The number of hydrogen-bond donors (Lipinski definition) is 1. The SMILES string of the molecule is CC(CC(=O)O)CC(=O)N1CCCC(c2nncn2C)C1. The van der Waals surface area contributed by atoms with E-state index in [4.69, 9.17) is 5.11 Å². The van der Waals surface area contributed by atoms with E-state index in [1.165, 1.54) is 0 Å². The van der Waals surface area contributed by atoms with Crippen LogP contribution in [0, 0.1) is 5.92 Å². The van der Waals surface area contributed by atoms with Gasteiger partial charge in [-0.2, -0.15) is 0 Å². The van der Waals surface area contributed by atoms with Gasteiger partial charge in [0.2, 0.25) is 5.91 Å². The van der Waals surface area contributed by atoms with Crippen LogP contribution in [0.1, 0.15) is 44.3 Å². The van der Waals surface area contributed by atoms with Crippen molar-refractivity contribution in [1.82, 2.24) is 19.7 Å². The fourth-order valence-corrected chi connectivity index (χ4v) is 2.87. The van der Waals surface area contributed by atoms with E-state index in [9.17, 15) is 9.59 Å². The van der Waals surface area contributed by atoms with Gasteiger partial charge < -0.3 is 14.6 Å². The summed E-state index contributed by atoms with van der Waals surface area (Å²) in [5.74, 6) is 0.169. The molecule has 7 heteroatoms. The molecule has 2 heterocycles. The molecule has 0 aliphatic carbocycles. The summed E-state index contributed by atoms with van der Waals surface area (Å²) in [5.41, 5.74) is 0. The van der Waals surface area contributed by atoms with Gasteiger partial charge in [0.15, 0.2) is 0 Å². The van der Waals surface area contributed by atoms with Crippen LogP contribution in [0.4, 0.5) is 0 Å². The summed E-state index contributed by atoms with van der Waals surface area (Å²) in [7, 11) is 1.91. The van der Waals surface area contributed by atoms with Crippen LogP contribution in [0.5, 0.6) is 0 Å². The van der Waals surface area contributed by atoms with Gasteiger partial charge in [0.1, 0.15) is 12.2 Å². The molecule has 0 spiro atoms. The second-order valence-electron chi connectivity index (χ2n) is 5.89. The van der Waals surface area contributed by atoms with E-state index in [0.717, 1.165) is 25.2 Å². The Labute approximate surface area is 124 Å². The van der Waals surface area contributed by atoms with Gasteiger partial charge in [-0.3, -0.25) is 9.59 Å². The van der Waals surface area contributed by atoms with E-state index in [1.54, 1.807) is 13.3 Å². The number of carboxylic acid groups (broad SMARTS) is 1. The zero-order chi connectivity index (χ0) is 15.4. The average Bonchev–Trinajstić information content (AvgIpc) is 2.84. The van der Waals surface area contributed by atoms with E-state index in [0.29, 0.717) is 6.54 Å². The van der Waals surface area contributed by atoms with Gasteiger partial charge >= 0.3 is 5.97 Å². The van der Waals surface area contributed by atoms with Gasteiger partial charge in [0, 0.05) is 38.9 Å². The fraction of sp³-hybridized carbons (Fsp3) is 0.714. The molecule has 0 radical (unpaired) electrons. The first kappa shape index (κ1) is 15.5. The standard InChI is InChI=1S/C14H22N4O3/c1-10(7-13(20)21)6-12(19)18-5-3-4-11(8-18)14-16-15-9-17(14)2/h9-11H,3-8H2,1-2H3,(H,20,21). The zero-order valence-corrected chi connectivity index (χ0v) is 12.5. The lowest BCUT2D eigenvalue weighted by molar-refractivity contribution is -0.138. The van der Waals surface area contributed by atoms with Gasteiger partial charge in [-0.05, 0) is 18.8 Å². The lowest BCUT2D eigenvalue weighted by Gasteiger charge is -2.32. The number of aryl methyl sites for hydroxylation is 1. The molecule has 0 saturated carbocycles. The number of hydrogen-bond acceptors (Lipinski definition) is 4. The lowest BCUT2D eigenvalue weighted by Crippen LogP contribution is -2.40. The van der Waals surface area contributed by atoms with Gasteiger partial charge in [0.05, 0.1) is 0 Å². The number of carbonyl (C=O) groups excluding carboxylic acids is 1. The number of carbonyl (C=O) groups is 2. The maximum Gasteiger partial charge on any atom is 0.303 e. The van der Waals surface area contributed by atoms with Crippen LogP contribution >= 0.6 is 0 Å². The first-order chi connectivity index (χ1) is 9.97. The molecular formula is C14H22N4O3. The molecule has 21 heavy (non-hydrogen) atoms. The molecule has 0 bridgehead atoms. The number of aromatic nitrogens is 3. The van der Waals surface area contributed by atoms with E-state index < -0.39 is 5.97 Å². The van der Waals surface area contributed by atoms with Crippen molar-refractivity contribution in [2.45, 2.75) is 38.5 Å². The molecule has 1 aliphatic heterocycles. The normalized spacial score (nSPS) is 20.3. The number of piperidine rings is 1. The summed E-state index contributed by atoms with van der Waals surface area (Å²) in [5, 5.41) is 16.8. The Morgan fingerprint density at radius 1 is 1.48 bits per heavy atom. The molecule has 1 amide bonds. The smallest absolute Gasteiger partial charge is 0.303 e. The highest BCUT2D eigenvalue weighted by atomic mass is 16.4. The number of carboxylic acids is 1. The molecule has 0 aromatic carbocycles. The van der Waals surface area contributed by atoms with Crippen LogP contribution in [-0.4, -0.2) is 49.7 Å². The number of amides is 1. The van der Waals surface area contributed by atoms with Crippen LogP contribution < -0.4 is 0 Å². The molecule has 1 aromatic rings. The van der Waals surface area contributed by atoms with Crippen LogP contribution in [0.2, 0.25) is 0 Å². The molecule has 2 atom stereocenters. The maximum atomic E-state index is 12.3. The van der Waals surface area contributed by atoms with E-state index in [2.05, 4.69) is 10.2 Å². The quantitative estimate of drug-likeness (QED) is 0.876.